The van der Waals surface area contributed by atoms with Crippen LogP contribution in [0.25, 0.3) is 0 Å². The minimum absolute atomic E-state index is 0.0170. The van der Waals surface area contributed by atoms with Gasteiger partial charge in [-0.3, -0.25) is 4.79 Å². The molecule has 0 heterocycles. The highest BCUT2D eigenvalue weighted by Crippen LogP contribution is 2.11. The number of hydrogen-bond acceptors (Lipinski definition) is 3. The van der Waals surface area contributed by atoms with E-state index in [1.807, 2.05) is 0 Å². The van der Waals surface area contributed by atoms with Crippen molar-refractivity contribution in [2.45, 2.75) is 6.92 Å². The summed E-state index contributed by atoms with van der Waals surface area (Å²) in [5, 5.41) is 0. The summed E-state index contributed by atoms with van der Waals surface area (Å²) in [6.07, 6.45) is 0. The van der Waals surface area contributed by atoms with Gasteiger partial charge >= 0.3 is 6.47 Å². The Morgan fingerprint density at radius 2 is 1.92 bits per heavy atom. The van der Waals surface area contributed by atoms with Crippen molar-refractivity contribution in [3.8, 4) is 5.75 Å². The summed E-state index contributed by atoms with van der Waals surface area (Å²) in [6.45, 7) is 2.77. The highest BCUT2D eigenvalue weighted by atomic mass is 16.5. The molecule has 1 rings (SSSR count). The van der Waals surface area contributed by atoms with Crippen LogP contribution in [-0.2, 0) is 4.79 Å². The molecule has 0 atom stereocenters. The van der Waals surface area contributed by atoms with Gasteiger partial charge in [0.25, 0.3) is 0 Å². The van der Waals surface area contributed by atoms with Gasteiger partial charge in [0.15, 0.2) is 5.78 Å². The Bertz CT molecular complexity index is 287. The van der Waals surface area contributed by atoms with Crippen LogP contribution in [0.1, 0.15) is 17.3 Å². The predicted molar refractivity (Wildman–Crippen MR) is 42.8 cm³/mol. The molecule has 0 aromatic heterocycles. The number of benzene rings is 1. The minimum atomic E-state index is -0.0170. The van der Waals surface area contributed by atoms with E-state index in [-0.39, 0.29) is 5.78 Å². The van der Waals surface area contributed by atoms with Gasteiger partial charge in [0, 0.05) is 5.56 Å². The molecule has 0 aliphatic rings. The third-order valence-electron chi connectivity index (χ3n) is 1.42. The highest BCUT2D eigenvalue weighted by Gasteiger charge is 1.98. The Kier molecular flexibility index (Phi) is 2.58. The van der Waals surface area contributed by atoms with Crippen molar-refractivity contribution in [3.05, 3.63) is 29.8 Å². The van der Waals surface area contributed by atoms with Gasteiger partial charge in [0.2, 0.25) is 0 Å². The molecule has 0 amide bonds. The lowest BCUT2D eigenvalue weighted by atomic mass is 10.1. The second-order valence-corrected chi connectivity index (χ2v) is 2.27. The molecule has 0 unspecified atom stereocenters. The number of carbonyl (C=O) groups is 1. The molecule has 1 aromatic rings. The number of rotatable bonds is 3. The fraction of sp³-hybridized carbons (Fsp3) is 0.111. The zero-order chi connectivity index (χ0) is 8.97. The van der Waals surface area contributed by atoms with Crippen LogP contribution in [-0.4, -0.2) is 12.3 Å². The Morgan fingerprint density at radius 1 is 1.33 bits per heavy atom. The van der Waals surface area contributed by atoms with E-state index in [2.05, 4.69) is 4.74 Å². The summed E-state index contributed by atoms with van der Waals surface area (Å²) in [5.41, 5.74) is 0.591. The molecule has 0 saturated carbocycles. The van der Waals surface area contributed by atoms with E-state index < -0.39 is 0 Å². The SMILES string of the molecule is CC(=O)c1ccc(O[C]=O)cc1. The average Bonchev–Trinajstić information content (AvgIpc) is 2.06. The first-order valence-corrected chi connectivity index (χ1v) is 3.39. The second kappa shape index (κ2) is 3.67. The number of carbonyl (C=O) groups excluding carboxylic acids is 2. The highest BCUT2D eigenvalue weighted by molar-refractivity contribution is 5.94. The average molecular weight is 163 g/mol. The minimum Gasteiger partial charge on any atom is -0.418 e. The van der Waals surface area contributed by atoms with E-state index in [4.69, 9.17) is 0 Å². The van der Waals surface area contributed by atoms with Crippen LogP contribution in [0, 0.1) is 0 Å². The lowest BCUT2D eigenvalue weighted by molar-refractivity contribution is 0.101. The number of hydrogen-bond donors (Lipinski definition) is 0. The number of Topliss-reactive ketones (excluding diaryl/α,β-unsaturated/α-hetero) is 1. The summed E-state index contributed by atoms with van der Waals surface area (Å²) in [6, 6.07) is 6.27. The summed E-state index contributed by atoms with van der Waals surface area (Å²) in [7, 11) is 0. The van der Waals surface area contributed by atoms with E-state index >= 15 is 0 Å². The van der Waals surface area contributed by atoms with E-state index in [0.717, 1.165) is 0 Å². The van der Waals surface area contributed by atoms with Crippen LogP contribution < -0.4 is 4.74 Å². The standard InChI is InChI=1S/C9H7O3/c1-7(11)8-2-4-9(5-3-8)12-6-10/h2-5H,1H3. The van der Waals surface area contributed by atoms with Crippen molar-refractivity contribution >= 4 is 12.3 Å². The fourth-order valence-electron chi connectivity index (χ4n) is 0.806. The van der Waals surface area contributed by atoms with Crippen LogP contribution >= 0.6 is 0 Å². The van der Waals surface area contributed by atoms with Crippen molar-refractivity contribution < 1.29 is 14.3 Å². The molecule has 0 aliphatic carbocycles. The maximum absolute atomic E-state index is 10.8. The van der Waals surface area contributed by atoms with Crippen LogP contribution in [0.15, 0.2) is 24.3 Å². The summed E-state index contributed by atoms with van der Waals surface area (Å²) < 4.78 is 4.42. The van der Waals surface area contributed by atoms with Gasteiger partial charge in [-0.15, -0.1) is 0 Å². The quantitative estimate of drug-likeness (QED) is 0.631. The zero-order valence-electron chi connectivity index (χ0n) is 6.53. The number of ketones is 1. The Balaban J connectivity index is 2.85. The van der Waals surface area contributed by atoms with E-state index in [9.17, 15) is 9.59 Å². The third-order valence-corrected chi connectivity index (χ3v) is 1.42. The smallest absolute Gasteiger partial charge is 0.418 e. The van der Waals surface area contributed by atoms with E-state index in [1.165, 1.54) is 13.4 Å². The first kappa shape index (κ1) is 8.46. The van der Waals surface area contributed by atoms with Gasteiger partial charge < -0.3 is 4.74 Å². The number of ether oxygens (including phenoxy) is 1. The van der Waals surface area contributed by atoms with Crippen molar-refractivity contribution in [2.75, 3.05) is 0 Å². The molecule has 3 heteroatoms. The van der Waals surface area contributed by atoms with Gasteiger partial charge in [0.05, 0.1) is 0 Å². The Hall–Kier alpha value is -1.64. The van der Waals surface area contributed by atoms with Gasteiger partial charge in [-0.25, -0.2) is 4.79 Å². The lowest BCUT2D eigenvalue weighted by Gasteiger charge is -1.97. The predicted octanol–water partition coefficient (Wildman–Crippen LogP) is 1.34. The maximum Gasteiger partial charge on any atom is 0.423 e. The first-order chi connectivity index (χ1) is 5.74. The normalized spacial score (nSPS) is 9.08. The summed E-state index contributed by atoms with van der Waals surface area (Å²) in [5.74, 6) is 0.367. The second-order valence-electron chi connectivity index (χ2n) is 2.27. The van der Waals surface area contributed by atoms with Crippen LogP contribution in [0.5, 0.6) is 5.75 Å². The maximum atomic E-state index is 10.8. The monoisotopic (exact) mass is 163 g/mol. The largest absolute Gasteiger partial charge is 0.423 e. The van der Waals surface area contributed by atoms with Gasteiger partial charge in [0.1, 0.15) is 5.75 Å². The summed E-state index contributed by atoms with van der Waals surface area (Å²) in [4.78, 5) is 20.6. The van der Waals surface area contributed by atoms with Crippen LogP contribution in [0.3, 0.4) is 0 Å². The molecule has 0 saturated heterocycles. The molecule has 0 N–H and O–H groups in total. The lowest BCUT2D eigenvalue weighted by Crippen LogP contribution is -1.92. The summed E-state index contributed by atoms with van der Waals surface area (Å²) >= 11 is 0. The van der Waals surface area contributed by atoms with Gasteiger partial charge in [-0.05, 0) is 31.2 Å². The molecule has 0 fully saturated rings. The molecule has 61 valence electrons. The van der Waals surface area contributed by atoms with E-state index in [1.54, 1.807) is 24.3 Å². The molecular formula is C9H7O3. The Labute approximate surface area is 70.0 Å². The molecule has 1 radical (unpaired) electrons. The molecular weight excluding hydrogens is 156 g/mol. The third kappa shape index (κ3) is 1.92. The van der Waals surface area contributed by atoms with Gasteiger partial charge in [-0.2, -0.15) is 0 Å². The van der Waals surface area contributed by atoms with Crippen molar-refractivity contribution in [2.24, 2.45) is 0 Å². The first-order valence-electron chi connectivity index (χ1n) is 3.39. The van der Waals surface area contributed by atoms with E-state index in [0.29, 0.717) is 11.3 Å². The molecule has 12 heavy (non-hydrogen) atoms. The van der Waals surface area contributed by atoms with Crippen molar-refractivity contribution in [1.29, 1.82) is 0 Å². The Morgan fingerprint density at radius 3 is 2.33 bits per heavy atom. The van der Waals surface area contributed by atoms with Crippen molar-refractivity contribution in [1.82, 2.24) is 0 Å². The molecule has 0 aliphatic heterocycles. The fourth-order valence-corrected chi connectivity index (χ4v) is 0.806. The van der Waals surface area contributed by atoms with Crippen LogP contribution in [0.2, 0.25) is 0 Å². The zero-order valence-corrected chi connectivity index (χ0v) is 6.53. The van der Waals surface area contributed by atoms with Crippen LogP contribution in [0.4, 0.5) is 0 Å². The van der Waals surface area contributed by atoms with Crippen molar-refractivity contribution in [3.63, 3.8) is 0 Å². The van der Waals surface area contributed by atoms with Gasteiger partial charge in [-0.1, -0.05) is 0 Å². The molecule has 1 aromatic carbocycles. The molecule has 3 nitrogen and oxygen atoms in total. The molecule has 0 spiro atoms. The molecule has 0 bridgehead atoms. The topological polar surface area (TPSA) is 43.4 Å².